The molecule has 1 aromatic rings. The van der Waals surface area contributed by atoms with Crippen LogP contribution >= 0.6 is 0 Å². The predicted octanol–water partition coefficient (Wildman–Crippen LogP) is 1.07. The highest BCUT2D eigenvalue weighted by Crippen LogP contribution is 2.09. The van der Waals surface area contributed by atoms with Crippen molar-refractivity contribution in [2.24, 2.45) is 5.92 Å². The van der Waals surface area contributed by atoms with E-state index in [2.05, 4.69) is 15.0 Å². The zero-order chi connectivity index (χ0) is 14.3. The van der Waals surface area contributed by atoms with Crippen molar-refractivity contribution in [1.82, 2.24) is 9.71 Å². The molecule has 0 bridgehead atoms. The van der Waals surface area contributed by atoms with Crippen LogP contribution < -0.4 is 10.0 Å². The molecule has 0 spiro atoms. The summed E-state index contributed by atoms with van der Waals surface area (Å²) in [6, 6.07) is 3.12. The number of nitrogens with one attached hydrogen (secondary N) is 2. The minimum Gasteiger partial charge on any atom is -0.380 e. The van der Waals surface area contributed by atoms with Crippen LogP contribution in [0.1, 0.15) is 13.8 Å². The number of hydrogen-bond acceptors (Lipinski definition) is 5. The molecular weight excluding hydrogens is 266 g/mol. The van der Waals surface area contributed by atoms with Crippen LogP contribution in [0.3, 0.4) is 0 Å². The Kier molecular flexibility index (Phi) is 6.20. The maximum atomic E-state index is 11.9. The quantitative estimate of drug-likeness (QED) is 0.699. The molecule has 6 nitrogen and oxygen atoms in total. The lowest BCUT2D eigenvalue weighted by Crippen LogP contribution is -2.28. The largest absolute Gasteiger partial charge is 0.380 e. The van der Waals surface area contributed by atoms with E-state index in [1.807, 2.05) is 13.8 Å². The van der Waals surface area contributed by atoms with Crippen LogP contribution in [0.25, 0.3) is 0 Å². The average Bonchev–Trinajstić information content (AvgIpc) is 2.38. The Bertz CT molecular complexity index is 471. The van der Waals surface area contributed by atoms with E-state index in [0.717, 1.165) is 0 Å². The maximum absolute atomic E-state index is 11.9. The first kappa shape index (κ1) is 15.9. The van der Waals surface area contributed by atoms with Crippen molar-refractivity contribution < 1.29 is 13.2 Å². The summed E-state index contributed by atoms with van der Waals surface area (Å²) in [5.41, 5.74) is 0. The van der Waals surface area contributed by atoms with E-state index >= 15 is 0 Å². The zero-order valence-electron chi connectivity index (χ0n) is 11.5. The van der Waals surface area contributed by atoms with Crippen LogP contribution in [-0.2, 0) is 14.8 Å². The van der Waals surface area contributed by atoms with Crippen LogP contribution in [0.4, 0.5) is 5.82 Å². The van der Waals surface area contributed by atoms with Gasteiger partial charge in [0, 0.05) is 26.4 Å². The normalized spacial score (nSPS) is 11.8. The minimum atomic E-state index is -3.51. The molecule has 0 saturated carbocycles. The summed E-state index contributed by atoms with van der Waals surface area (Å²) in [5.74, 6) is 1.06. The summed E-state index contributed by atoms with van der Waals surface area (Å²) in [6.45, 7) is 5.32. The Morgan fingerprint density at radius 3 is 2.63 bits per heavy atom. The molecule has 0 atom stereocenters. The van der Waals surface area contributed by atoms with E-state index in [9.17, 15) is 8.42 Å². The number of anilines is 1. The predicted molar refractivity (Wildman–Crippen MR) is 74.6 cm³/mol. The van der Waals surface area contributed by atoms with E-state index in [0.29, 0.717) is 24.9 Å². The van der Waals surface area contributed by atoms with E-state index in [4.69, 9.17) is 4.74 Å². The van der Waals surface area contributed by atoms with Crippen molar-refractivity contribution in [3.8, 4) is 0 Å². The van der Waals surface area contributed by atoms with Gasteiger partial charge in [0.15, 0.2) is 0 Å². The third kappa shape index (κ3) is 5.54. The van der Waals surface area contributed by atoms with E-state index < -0.39 is 10.0 Å². The third-order valence-electron chi connectivity index (χ3n) is 2.29. The smallest absolute Gasteiger partial charge is 0.242 e. The fourth-order valence-electron chi connectivity index (χ4n) is 1.34. The average molecular weight is 287 g/mol. The van der Waals surface area contributed by atoms with Crippen molar-refractivity contribution in [3.63, 3.8) is 0 Å². The fourth-order valence-corrected chi connectivity index (χ4v) is 2.30. The molecular formula is C12H21N3O3S. The molecule has 0 aliphatic carbocycles. The minimum absolute atomic E-state index is 0.148. The molecule has 2 N–H and O–H groups in total. The monoisotopic (exact) mass is 287 g/mol. The molecule has 0 amide bonds. The number of rotatable bonds is 8. The molecule has 0 fully saturated rings. The van der Waals surface area contributed by atoms with Crippen LogP contribution in [-0.4, -0.2) is 40.2 Å². The standard InChI is InChI=1S/C12H21N3O3S/c1-10(2)9-18-7-6-15-19(16,17)11-4-5-12(13-3)14-8-11/h4-5,8,10,15H,6-7,9H2,1-3H3,(H,13,14). The van der Waals surface area contributed by atoms with Gasteiger partial charge in [0.2, 0.25) is 10.0 Å². The van der Waals surface area contributed by atoms with Gasteiger partial charge in [0.05, 0.1) is 6.61 Å². The molecule has 0 aromatic carbocycles. The molecule has 108 valence electrons. The highest BCUT2D eigenvalue weighted by Gasteiger charge is 2.13. The second kappa shape index (κ2) is 7.42. The third-order valence-corrected chi connectivity index (χ3v) is 3.74. The lowest BCUT2D eigenvalue weighted by atomic mass is 10.2. The summed E-state index contributed by atoms with van der Waals surface area (Å²) < 4.78 is 31.6. The van der Waals surface area contributed by atoms with Crippen molar-refractivity contribution in [1.29, 1.82) is 0 Å². The Labute approximate surface area is 114 Å². The van der Waals surface area contributed by atoms with Gasteiger partial charge in [-0.2, -0.15) is 0 Å². The van der Waals surface area contributed by atoms with Crippen molar-refractivity contribution >= 4 is 15.8 Å². The lowest BCUT2D eigenvalue weighted by Gasteiger charge is -2.09. The van der Waals surface area contributed by atoms with Crippen LogP contribution in [0, 0.1) is 5.92 Å². The molecule has 0 saturated heterocycles. The van der Waals surface area contributed by atoms with E-state index in [1.165, 1.54) is 12.3 Å². The topological polar surface area (TPSA) is 80.3 Å². The van der Waals surface area contributed by atoms with Crippen molar-refractivity contribution in [2.75, 3.05) is 32.1 Å². The van der Waals surface area contributed by atoms with Gasteiger partial charge in [-0.1, -0.05) is 13.8 Å². The lowest BCUT2D eigenvalue weighted by molar-refractivity contribution is 0.114. The molecule has 1 aromatic heterocycles. The number of nitrogens with zero attached hydrogens (tertiary/aromatic N) is 1. The summed E-state index contributed by atoms with van der Waals surface area (Å²) in [4.78, 5) is 4.12. The van der Waals surface area contributed by atoms with Crippen molar-refractivity contribution in [2.45, 2.75) is 18.7 Å². The molecule has 1 rings (SSSR count). The van der Waals surface area contributed by atoms with Gasteiger partial charge in [0.25, 0.3) is 0 Å². The van der Waals surface area contributed by atoms with Gasteiger partial charge in [0.1, 0.15) is 10.7 Å². The second-order valence-corrected chi connectivity index (χ2v) is 6.26. The highest BCUT2D eigenvalue weighted by molar-refractivity contribution is 7.89. The Balaban J connectivity index is 2.46. The van der Waals surface area contributed by atoms with Gasteiger partial charge < -0.3 is 10.1 Å². The van der Waals surface area contributed by atoms with Crippen LogP contribution in [0.2, 0.25) is 0 Å². The van der Waals surface area contributed by atoms with Gasteiger partial charge in [-0.25, -0.2) is 18.1 Å². The van der Waals surface area contributed by atoms with Gasteiger partial charge in [-0.15, -0.1) is 0 Å². The number of sulfonamides is 1. The first-order chi connectivity index (χ1) is 8.95. The number of ether oxygens (including phenoxy) is 1. The number of hydrogen-bond donors (Lipinski definition) is 2. The molecule has 0 unspecified atom stereocenters. The van der Waals surface area contributed by atoms with Crippen LogP contribution in [0.5, 0.6) is 0 Å². The molecule has 7 heteroatoms. The van der Waals surface area contributed by atoms with Crippen LogP contribution in [0.15, 0.2) is 23.2 Å². The van der Waals surface area contributed by atoms with Gasteiger partial charge >= 0.3 is 0 Å². The molecule has 0 aliphatic heterocycles. The summed E-state index contributed by atoms with van der Waals surface area (Å²) in [6.07, 6.45) is 1.32. The molecule has 0 radical (unpaired) electrons. The second-order valence-electron chi connectivity index (χ2n) is 4.50. The first-order valence-electron chi connectivity index (χ1n) is 6.17. The van der Waals surface area contributed by atoms with Gasteiger partial charge in [-0.05, 0) is 18.1 Å². The zero-order valence-corrected chi connectivity index (χ0v) is 12.3. The van der Waals surface area contributed by atoms with E-state index in [1.54, 1.807) is 13.1 Å². The molecule has 19 heavy (non-hydrogen) atoms. The molecule has 1 heterocycles. The summed E-state index contributed by atoms with van der Waals surface area (Å²) in [5, 5.41) is 2.83. The highest BCUT2D eigenvalue weighted by atomic mass is 32.2. The first-order valence-corrected chi connectivity index (χ1v) is 7.65. The number of pyridine rings is 1. The Morgan fingerprint density at radius 2 is 2.11 bits per heavy atom. The number of aromatic nitrogens is 1. The molecule has 0 aliphatic rings. The summed E-state index contributed by atoms with van der Waals surface area (Å²) >= 11 is 0. The van der Waals surface area contributed by atoms with E-state index in [-0.39, 0.29) is 11.4 Å². The summed E-state index contributed by atoms with van der Waals surface area (Å²) in [7, 11) is -1.78. The Morgan fingerprint density at radius 1 is 1.37 bits per heavy atom. The van der Waals surface area contributed by atoms with Crippen molar-refractivity contribution in [3.05, 3.63) is 18.3 Å². The SMILES string of the molecule is CNc1ccc(S(=O)(=O)NCCOCC(C)C)cn1. The maximum Gasteiger partial charge on any atom is 0.242 e. The van der Waals surface area contributed by atoms with Gasteiger partial charge in [-0.3, -0.25) is 0 Å². The fraction of sp³-hybridized carbons (Fsp3) is 0.583. The Hall–Kier alpha value is -1.18.